The molecule has 2 aromatic heterocycles. The molecule has 100 valence electrons. The van der Waals surface area contributed by atoms with Crippen molar-refractivity contribution in [3.8, 4) is 0 Å². The van der Waals surface area contributed by atoms with E-state index in [4.69, 9.17) is 10.2 Å². The summed E-state index contributed by atoms with van der Waals surface area (Å²) in [4.78, 5) is 23.0. The van der Waals surface area contributed by atoms with Gasteiger partial charge in [-0.15, -0.1) is 0 Å². The highest BCUT2D eigenvalue weighted by Gasteiger charge is 2.15. The van der Waals surface area contributed by atoms with Crippen molar-refractivity contribution in [3.05, 3.63) is 29.9 Å². The van der Waals surface area contributed by atoms with E-state index < -0.39 is 5.91 Å². The molecular weight excluding hydrogens is 254 g/mol. The van der Waals surface area contributed by atoms with Crippen molar-refractivity contribution in [3.63, 3.8) is 0 Å². The molecule has 0 atom stereocenters. The molecule has 0 spiro atoms. The van der Waals surface area contributed by atoms with Crippen LogP contribution in [-0.4, -0.2) is 35.2 Å². The smallest absolute Gasteiger partial charge is 0.287 e. The molecule has 4 N–H and O–H groups in total. The van der Waals surface area contributed by atoms with Gasteiger partial charge in [0.2, 0.25) is 11.5 Å². The first-order chi connectivity index (χ1) is 9.18. The van der Waals surface area contributed by atoms with Crippen LogP contribution in [0, 0.1) is 0 Å². The molecule has 0 bridgehead atoms. The summed E-state index contributed by atoms with van der Waals surface area (Å²) in [5.41, 5.74) is 5.26. The quantitative estimate of drug-likeness (QED) is 0.614. The number of hydrogen-bond donors (Lipinski definition) is 3. The zero-order chi connectivity index (χ0) is 13.7. The molecule has 0 saturated carbocycles. The second-order valence-electron chi connectivity index (χ2n) is 3.49. The van der Waals surface area contributed by atoms with Crippen LogP contribution in [0.3, 0.4) is 0 Å². The van der Waals surface area contributed by atoms with Crippen LogP contribution in [0.1, 0.15) is 21.0 Å². The Bertz CT molecular complexity index is 562. The lowest BCUT2D eigenvalue weighted by Crippen LogP contribution is -2.34. The zero-order valence-corrected chi connectivity index (χ0v) is 9.75. The van der Waals surface area contributed by atoms with Gasteiger partial charge in [-0.2, -0.15) is 0 Å². The third kappa shape index (κ3) is 3.09. The van der Waals surface area contributed by atoms with Crippen molar-refractivity contribution < 1.29 is 18.6 Å². The summed E-state index contributed by atoms with van der Waals surface area (Å²) in [7, 11) is 0. The van der Waals surface area contributed by atoms with E-state index in [9.17, 15) is 9.59 Å². The molecule has 0 aliphatic rings. The Hall–Kier alpha value is -2.84. The van der Waals surface area contributed by atoms with Gasteiger partial charge in [0.1, 0.15) is 0 Å². The van der Waals surface area contributed by atoms with Gasteiger partial charge in [0.15, 0.2) is 5.76 Å². The molecule has 2 heterocycles. The van der Waals surface area contributed by atoms with Gasteiger partial charge in [-0.1, -0.05) is 0 Å². The molecule has 0 radical (unpaired) electrons. The fourth-order valence-corrected chi connectivity index (χ4v) is 1.28. The minimum atomic E-state index is -0.522. The molecule has 2 amide bonds. The summed E-state index contributed by atoms with van der Waals surface area (Å²) in [5.74, 6) is -0.763. The molecule has 9 heteroatoms. The summed E-state index contributed by atoms with van der Waals surface area (Å²) in [6.07, 6.45) is 1.40. The van der Waals surface area contributed by atoms with Crippen molar-refractivity contribution in [2.45, 2.75) is 0 Å². The highest BCUT2D eigenvalue weighted by Crippen LogP contribution is 2.02. The average Bonchev–Trinajstić information content (AvgIpc) is 3.04. The van der Waals surface area contributed by atoms with Crippen molar-refractivity contribution in [1.29, 1.82) is 0 Å². The Balaban J connectivity index is 1.71. The normalized spacial score (nSPS) is 10.1. The van der Waals surface area contributed by atoms with Crippen LogP contribution in [0.25, 0.3) is 0 Å². The highest BCUT2D eigenvalue weighted by molar-refractivity contribution is 5.96. The number of furan rings is 1. The Labute approximate surface area is 107 Å². The number of hydrogen-bond acceptors (Lipinski definition) is 7. The minimum absolute atomic E-state index is 0.0858. The molecule has 2 rings (SSSR count). The van der Waals surface area contributed by atoms with Crippen molar-refractivity contribution in [2.75, 3.05) is 18.8 Å². The number of anilines is 1. The van der Waals surface area contributed by atoms with Gasteiger partial charge in [0, 0.05) is 13.1 Å². The lowest BCUT2D eigenvalue weighted by Gasteiger charge is -2.04. The molecule has 2 aromatic rings. The maximum absolute atomic E-state index is 11.5. The number of aromatic nitrogens is 2. The van der Waals surface area contributed by atoms with Gasteiger partial charge in [-0.3, -0.25) is 9.59 Å². The number of nitrogens with two attached hydrogens (primary N) is 1. The Morgan fingerprint density at radius 3 is 2.53 bits per heavy atom. The molecular formula is C10H11N5O4. The number of nitrogens with zero attached hydrogens (tertiary/aromatic N) is 2. The number of nitrogen functional groups attached to an aromatic ring is 1. The zero-order valence-electron chi connectivity index (χ0n) is 9.75. The average molecular weight is 265 g/mol. The first-order valence-corrected chi connectivity index (χ1v) is 5.36. The van der Waals surface area contributed by atoms with Crippen LogP contribution in [-0.2, 0) is 0 Å². The number of rotatable bonds is 5. The van der Waals surface area contributed by atoms with Gasteiger partial charge in [0.25, 0.3) is 11.8 Å². The molecule has 0 aliphatic carbocycles. The summed E-state index contributed by atoms with van der Waals surface area (Å²) in [6.45, 7) is 0.439. The molecule has 0 fully saturated rings. The summed E-state index contributed by atoms with van der Waals surface area (Å²) in [6, 6.07) is 3.15. The molecule has 0 unspecified atom stereocenters. The topological polar surface area (TPSA) is 136 Å². The lowest BCUT2D eigenvalue weighted by molar-refractivity contribution is 0.0907. The fraction of sp³-hybridized carbons (Fsp3) is 0.200. The monoisotopic (exact) mass is 265 g/mol. The van der Waals surface area contributed by atoms with E-state index in [1.54, 1.807) is 6.07 Å². The van der Waals surface area contributed by atoms with E-state index in [-0.39, 0.29) is 36.3 Å². The maximum Gasteiger partial charge on any atom is 0.287 e. The minimum Gasteiger partial charge on any atom is -0.459 e. The van der Waals surface area contributed by atoms with E-state index in [2.05, 4.69) is 25.6 Å². The Kier molecular flexibility index (Phi) is 3.76. The largest absolute Gasteiger partial charge is 0.459 e. The predicted octanol–water partition coefficient (Wildman–Crippen LogP) is -0.595. The Morgan fingerprint density at radius 1 is 1.21 bits per heavy atom. The number of carbonyl (C=O) groups is 2. The second-order valence-corrected chi connectivity index (χ2v) is 3.49. The standard InChI is InChI=1S/C10H11N5O4/c11-8-7(14-19-15-8)10(17)13-4-3-12-9(16)6-2-1-5-18-6/h1-2,5H,3-4H2,(H2,11,15)(H,12,16)(H,13,17). The first kappa shape index (κ1) is 12.6. The van der Waals surface area contributed by atoms with Gasteiger partial charge in [0.05, 0.1) is 6.26 Å². The van der Waals surface area contributed by atoms with Crippen LogP contribution in [0.5, 0.6) is 0 Å². The summed E-state index contributed by atoms with van der Waals surface area (Å²) < 4.78 is 9.19. The second kappa shape index (κ2) is 5.67. The van der Waals surface area contributed by atoms with Gasteiger partial charge >= 0.3 is 0 Å². The predicted molar refractivity (Wildman–Crippen MR) is 62.1 cm³/mol. The fourth-order valence-electron chi connectivity index (χ4n) is 1.28. The van der Waals surface area contributed by atoms with Crippen molar-refractivity contribution in [2.24, 2.45) is 0 Å². The number of carbonyl (C=O) groups excluding carboxylic acids is 2. The van der Waals surface area contributed by atoms with Gasteiger partial charge < -0.3 is 20.8 Å². The molecule has 9 nitrogen and oxygen atoms in total. The maximum atomic E-state index is 11.5. The van der Waals surface area contributed by atoms with Gasteiger partial charge in [-0.25, -0.2) is 4.63 Å². The number of nitrogens with one attached hydrogen (secondary N) is 2. The van der Waals surface area contributed by atoms with Crippen molar-refractivity contribution in [1.82, 2.24) is 20.9 Å². The van der Waals surface area contributed by atoms with E-state index >= 15 is 0 Å². The van der Waals surface area contributed by atoms with Crippen LogP contribution in [0.2, 0.25) is 0 Å². The summed E-state index contributed by atoms with van der Waals surface area (Å²) >= 11 is 0. The van der Waals surface area contributed by atoms with E-state index in [0.29, 0.717) is 0 Å². The molecule has 0 aromatic carbocycles. The number of amides is 2. The van der Waals surface area contributed by atoms with E-state index in [0.717, 1.165) is 0 Å². The Morgan fingerprint density at radius 2 is 1.95 bits per heavy atom. The highest BCUT2D eigenvalue weighted by atomic mass is 16.6. The van der Waals surface area contributed by atoms with E-state index in [1.807, 2.05) is 0 Å². The molecule has 19 heavy (non-hydrogen) atoms. The lowest BCUT2D eigenvalue weighted by atomic mass is 10.4. The van der Waals surface area contributed by atoms with Crippen LogP contribution < -0.4 is 16.4 Å². The van der Waals surface area contributed by atoms with Crippen LogP contribution in [0.4, 0.5) is 5.82 Å². The SMILES string of the molecule is Nc1nonc1C(=O)NCCNC(=O)c1ccco1. The van der Waals surface area contributed by atoms with Crippen LogP contribution in [0.15, 0.2) is 27.4 Å². The van der Waals surface area contributed by atoms with E-state index in [1.165, 1.54) is 12.3 Å². The molecule has 0 aliphatic heterocycles. The van der Waals surface area contributed by atoms with Crippen molar-refractivity contribution >= 4 is 17.6 Å². The van der Waals surface area contributed by atoms with Crippen LogP contribution >= 0.6 is 0 Å². The summed E-state index contributed by atoms with van der Waals surface area (Å²) in [5, 5.41) is 11.7. The molecule has 0 saturated heterocycles. The third-order valence-electron chi connectivity index (χ3n) is 2.17. The van der Waals surface area contributed by atoms with Gasteiger partial charge in [-0.05, 0) is 22.4 Å². The first-order valence-electron chi connectivity index (χ1n) is 5.36. The third-order valence-corrected chi connectivity index (χ3v) is 2.17.